The smallest absolute Gasteiger partial charge is 0.293 e. The van der Waals surface area contributed by atoms with Crippen LogP contribution in [-0.4, -0.2) is 23.7 Å². The number of hydrogen-bond acceptors (Lipinski definition) is 5. The van der Waals surface area contributed by atoms with Gasteiger partial charge in [0.2, 0.25) is 0 Å². The van der Waals surface area contributed by atoms with E-state index in [0.717, 1.165) is 12.8 Å². The molecule has 1 heterocycles. The average Bonchev–Trinajstić information content (AvgIpc) is 3.32. The number of ether oxygens (including phenoxy) is 1. The lowest BCUT2D eigenvalue weighted by molar-refractivity contribution is -0.384. The van der Waals surface area contributed by atoms with Crippen LogP contribution in [0.5, 0.6) is 0 Å². The Labute approximate surface area is 122 Å². The number of nitriles is 1. The predicted octanol–water partition coefficient (Wildman–Crippen LogP) is 2.84. The molecule has 1 aromatic carbocycles. The van der Waals surface area contributed by atoms with E-state index in [1.807, 2.05) is 6.07 Å². The summed E-state index contributed by atoms with van der Waals surface area (Å²) in [4.78, 5) is 10.7. The fraction of sp³-hybridized carbons (Fsp3) is 0.533. The molecule has 6 heteroatoms. The lowest BCUT2D eigenvalue weighted by atomic mass is 9.99. The van der Waals surface area contributed by atoms with Gasteiger partial charge in [-0.3, -0.25) is 10.1 Å². The molecular weight excluding hydrogens is 270 g/mol. The van der Waals surface area contributed by atoms with E-state index < -0.39 is 4.92 Å². The minimum absolute atomic E-state index is 0.0384. The van der Waals surface area contributed by atoms with Crippen LogP contribution in [0.25, 0.3) is 0 Å². The Morgan fingerprint density at radius 2 is 2.19 bits per heavy atom. The molecule has 0 spiro atoms. The molecule has 2 fully saturated rings. The molecular formula is C15H17N3O3. The first-order valence-electron chi connectivity index (χ1n) is 7.24. The van der Waals surface area contributed by atoms with Crippen molar-refractivity contribution >= 4 is 11.4 Å². The Morgan fingerprint density at radius 3 is 2.86 bits per heavy atom. The van der Waals surface area contributed by atoms with E-state index in [0.29, 0.717) is 23.8 Å². The van der Waals surface area contributed by atoms with Crippen LogP contribution in [0, 0.1) is 27.4 Å². The molecule has 2 unspecified atom stereocenters. The van der Waals surface area contributed by atoms with Crippen LogP contribution in [0.1, 0.15) is 31.2 Å². The third kappa shape index (κ3) is 3.14. The molecule has 1 N–H and O–H groups in total. The molecule has 2 atom stereocenters. The summed E-state index contributed by atoms with van der Waals surface area (Å²) in [5.74, 6) is 0.672. The van der Waals surface area contributed by atoms with Gasteiger partial charge < -0.3 is 10.1 Å². The molecule has 2 aliphatic rings. The van der Waals surface area contributed by atoms with Gasteiger partial charge in [0.1, 0.15) is 5.69 Å². The van der Waals surface area contributed by atoms with Crippen molar-refractivity contribution in [3.05, 3.63) is 33.9 Å². The summed E-state index contributed by atoms with van der Waals surface area (Å²) >= 11 is 0. The number of nitro groups is 1. The summed E-state index contributed by atoms with van der Waals surface area (Å²) in [6, 6.07) is 6.67. The van der Waals surface area contributed by atoms with Gasteiger partial charge in [-0.2, -0.15) is 5.26 Å². The number of nitro benzene ring substituents is 1. The summed E-state index contributed by atoms with van der Waals surface area (Å²) < 4.78 is 5.77. The molecule has 1 aromatic rings. The zero-order chi connectivity index (χ0) is 14.8. The van der Waals surface area contributed by atoms with Gasteiger partial charge in [0.25, 0.3) is 5.69 Å². The number of nitrogens with zero attached hydrogens (tertiary/aromatic N) is 2. The van der Waals surface area contributed by atoms with Crippen molar-refractivity contribution in [3.8, 4) is 6.07 Å². The first-order chi connectivity index (χ1) is 10.2. The maximum absolute atomic E-state index is 11.1. The standard InChI is InChI=1S/C15H17N3O3/c16-9-10-1-4-13(14(7-10)18(19)20)17-12-5-6-21-15(8-12)11-2-3-11/h1,4,7,11-12,15,17H,2-3,5-6,8H2. The number of benzene rings is 1. The highest BCUT2D eigenvalue weighted by atomic mass is 16.6. The first kappa shape index (κ1) is 13.8. The van der Waals surface area contributed by atoms with E-state index in [1.165, 1.54) is 18.9 Å². The highest BCUT2D eigenvalue weighted by molar-refractivity contribution is 5.64. The number of hydrogen-bond donors (Lipinski definition) is 1. The van der Waals surface area contributed by atoms with Crippen molar-refractivity contribution in [3.63, 3.8) is 0 Å². The topological polar surface area (TPSA) is 88.2 Å². The normalized spacial score (nSPS) is 25.1. The van der Waals surface area contributed by atoms with E-state index in [4.69, 9.17) is 10.00 Å². The number of rotatable bonds is 4. The molecule has 21 heavy (non-hydrogen) atoms. The van der Waals surface area contributed by atoms with Crippen molar-refractivity contribution in [1.29, 1.82) is 5.26 Å². The second-order valence-corrected chi connectivity index (χ2v) is 5.71. The summed E-state index contributed by atoms with van der Waals surface area (Å²) in [5.41, 5.74) is 0.749. The summed E-state index contributed by atoms with van der Waals surface area (Å²) in [7, 11) is 0. The lowest BCUT2D eigenvalue weighted by Gasteiger charge is -2.30. The third-order valence-corrected chi connectivity index (χ3v) is 4.15. The van der Waals surface area contributed by atoms with E-state index in [2.05, 4.69) is 5.32 Å². The molecule has 0 aromatic heterocycles. The molecule has 1 aliphatic heterocycles. The molecule has 0 radical (unpaired) electrons. The average molecular weight is 287 g/mol. The zero-order valence-corrected chi connectivity index (χ0v) is 11.6. The second-order valence-electron chi connectivity index (χ2n) is 5.71. The minimum Gasteiger partial charge on any atom is -0.378 e. The monoisotopic (exact) mass is 287 g/mol. The maximum Gasteiger partial charge on any atom is 0.293 e. The molecule has 1 saturated heterocycles. The largest absolute Gasteiger partial charge is 0.378 e. The molecule has 0 amide bonds. The second kappa shape index (κ2) is 5.70. The Balaban J connectivity index is 1.74. The van der Waals surface area contributed by atoms with Gasteiger partial charge in [-0.05, 0) is 43.7 Å². The van der Waals surface area contributed by atoms with Gasteiger partial charge in [-0.15, -0.1) is 0 Å². The quantitative estimate of drug-likeness (QED) is 0.679. The zero-order valence-electron chi connectivity index (χ0n) is 11.6. The highest BCUT2D eigenvalue weighted by Crippen LogP contribution is 2.39. The highest BCUT2D eigenvalue weighted by Gasteiger charge is 2.36. The van der Waals surface area contributed by atoms with Gasteiger partial charge in [-0.25, -0.2) is 0 Å². The van der Waals surface area contributed by atoms with E-state index in [-0.39, 0.29) is 17.8 Å². The summed E-state index contributed by atoms with van der Waals surface area (Å²) in [6.07, 6.45) is 4.49. The van der Waals surface area contributed by atoms with Gasteiger partial charge in [0.15, 0.2) is 0 Å². The molecule has 110 valence electrons. The van der Waals surface area contributed by atoms with Crippen molar-refractivity contribution in [2.45, 2.75) is 37.8 Å². The van der Waals surface area contributed by atoms with Crippen molar-refractivity contribution < 1.29 is 9.66 Å². The summed E-state index contributed by atoms with van der Waals surface area (Å²) in [6.45, 7) is 0.697. The first-order valence-corrected chi connectivity index (χ1v) is 7.24. The van der Waals surface area contributed by atoms with Crippen molar-refractivity contribution in [2.24, 2.45) is 5.92 Å². The molecule has 0 bridgehead atoms. The van der Waals surface area contributed by atoms with Crippen LogP contribution < -0.4 is 5.32 Å². The Morgan fingerprint density at radius 1 is 1.38 bits per heavy atom. The third-order valence-electron chi connectivity index (χ3n) is 4.15. The van der Waals surface area contributed by atoms with Gasteiger partial charge in [0, 0.05) is 18.7 Å². The van der Waals surface area contributed by atoms with E-state index in [1.54, 1.807) is 12.1 Å². The predicted molar refractivity (Wildman–Crippen MR) is 76.9 cm³/mol. The lowest BCUT2D eigenvalue weighted by Crippen LogP contribution is -2.35. The van der Waals surface area contributed by atoms with Crippen LogP contribution in [-0.2, 0) is 4.74 Å². The van der Waals surface area contributed by atoms with Gasteiger partial charge >= 0.3 is 0 Å². The SMILES string of the molecule is N#Cc1ccc(NC2CCOC(C3CC3)C2)c([N+](=O)[O-])c1. The number of nitrogens with one attached hydrogen (secondary N) is 1. The molecule has 1 aliphatic carbocycles. The van der Waals surface area contributed by atoms with Crippen LogP contribution in [0.15, 0.2) is 18.2 Å². The molecule has 6 nitrogen and oxygen atoms in total. The van der Waals surface area contributed by atoms with E-state index in [9.17, 15) is 10.1 Å². The molecule has 1 saturated carbocycles. The Bertz CT molecular complexity index is 592. The number of anilines is 1. The van der Waals surface area contributed by atoms with Crippen molar-refractivity contribution in [2.75, 3.05) is 11.9 Å². The molecule has 3 rings (SSSR count). The van der Waals surface area contributed by atoms with Crippen LogP contribution in [0.4, 0.5) is 11.4 Å². The fourth-order valence-electron chi connectivity index (χ4n) is 2.85. The fourth-order valence-corrected chi connectivity index (χ4v) is 2.85. The summed E-state index contributed by atoms with van der Waals surface area (Å²) in [5, 5.41) is 23.3. The Kier molecular flexibility index (Phi) is 3.76. The van der Waals surface area contributed by atoms with Crippen LogP contribution in [0.2, 0.25) is 0 Å². The van der Waals surface area contributed by atoms with Crippen molar-refractivity contribution in [1.82, 2.24) is 0 Å². The maximum atomic E-state index is 11.1. The van der Waals surface area contributed by atoms with Gasteiger partial charge in [0.05, 0.1) is 22.7 Å². The van der Waals surface area contributed by atoms with Crippen LogP contribution in [0.3, 0.4) is 0 Å². The van der Waals surface area contributed by atoms with E-state index >= 15 is 0 Å². The van der Waals surface area contributed by atoms with Gasteiger partial charge in [-0.1, -0.05) is 0 Å². The van der Waals surface area contributed by atoms with Crippen LogP contribution >= 0.6 is 0 Å². The minimum atomic E-state index is -0.444. The Hall–Kier alpha value is -2.13.